The van der Waals surface area contributed by atoms with Gasteiger partial charge in [0.15, 0.2) is 0 Å². The van der Waals surface area contributed by atoms with Crippen LogP contribution in [0.15, 0.2) is 5.38 Å². The first kappa shape index (κ1) is 11.5. The second-order valence-electron chi connectivity index (χ2n) is 3.62. The van der Waals surface area contributed by atoms with Crippen molar-refractivity contribution in [3.8, 4) is 0 Å². The van der Waals surface area contributed by atoms with E-state index < -0.39 is 4.92 Å². The third kappa shape index (κ3) is 2.11. The Balaban J connectivity index is 2.34. The van der Waals surface area contributed by atoms with Crippen LogP contribution in [-0.2, 0) is 6.54 Å². The molecule has 0 saturated carbocycles. The van der Waals surface area contributed by atoms with Crippen molar-refractivity contribution in [2.75, 3.05) is 5.73 Å². The molecular weight excluding hydrogens is 242 g/mol. The van der Waals surface area contributed by atoms with Crippen LogP contribution in [0.3, 0.4) is 0 Å². The van der Waals surface area contributed by atoms with Crippen molar-refractivity contribution < 1.29 is 4.92 Å². The van der Waals surface area contributed by atoms with Crippen LogP contribution >= 0.6 is 11.3 Å². The zero-order valence-corrected chi connectivity index (χ0v) is 10.2. The molecule has 0 bridgehead atoms. The Morgan fingerprint density at radius 3 is 2.76 bits per heavy atom. The number of hydrogen-bond acceptors (Lipinski definition) is 6. The summed E-state index contributed by atoms with van der Waals surface area (Å²) in [6.07, 6.45) is 0. The van der Waals surface area contributed by atoms with Gasteiger partial charge < -0.3 is 5.73 Å². The molecule has 2 aromatic rings. The summed E-state index contributed by atoms with van der Waals surface area (Å²) in [5, 5.41) is 17.6. The lowest BCUT2D eigenvalue weighted by atomic mass is 10.4. The van der Waals surface area contributed by atoms with Gasteiger partial charge in [0.1, 0.15) is 10.7 Å². The van der Waals surface area contributed by atoms with Crippen LogP contribution in [0, 0.1) is 24.0 Å². The van der Waals surface area contributed by atoms with Gasteiger partial charge in [-0.05, 0) is 13.8 Å². The molecule has 2 N–H and O–H groups in total. The van der Waals surface area contributed by atoms with Gasteiger partial charge in [-0.25, -0.2) is 9.67 Å². The predicted octanol–water partition coefficient (Wildman–Crippen LogP) is 1.50. The fraction of sp³-hybridized carbons (Fsp3) is 0.333. The number of thiazole rings is 1. The Labute approximate surface area is 101 Å². The van der Waals surface area contributed by atoms with Crippen LogP contribution in [0.2, 0.25) is 0 Å². The molecule has 2 heterocycles. The van der Waals surface area contributed by atoms with Gasteiger partial charge in [0.25, 0.3) is 0 Å². The third-order valence-electron chi connectivity index (χ3n) is 2.27. The average Bonchev–Trinajstić information content (AvgIpc) is 2.73. The van der Waals surface area contributed by atoms with E-state index >= 15 is 0 Å². The summed E-state index contributed by atoms with van der Waals surface area (Å²) in [4.78, 5) is 14.5. The van der Waals surface area contributed by atoms with Crippen molar-refractivity contribution in [1.82, 2.24) is 14.8 Å². The monoisotopic (exact) mass is 253 g/mol. The number of hydrogen-bond donors (Lipinski definition) is 1. The molecule has 0 radical (unpaired) electrons. The molecule has 0 atom stereocenters. The fourth-order valence-electron chi connectivity index (χ4n) is 1.54. The lowest BCUT2D eigenvalue weighted by molar-refractivity contribution is -0.384. The molecule has 0 amide bonds. The first-order valence-corrected chi connectivity index (χ1v) is 5.75. The highest BCUT2D eigenvalue weighted by molar-refractivity contribution is 7.09. The molecule has 7 nitrogen and oxygen atoms in total. The molecule has 0 fully saturated rings. The Kier molecular flexibility index (Phi) is 2.80. The summed E-state index contributed by atoms with van der Waals surface area (Å²) in [5.41, 5.74) is 6.81. The minimum atomic E-state index is -0.513. The minimum absolute atomic E-state index is 0.0698. The highest BCUT2D eigenvalue weighted by Crippen LogP contribution is 2.26. The molecule has 0 saturated heterocycles. The second kappa shape index (κ2) is 4.13. The van der Waals surface area contributed by atoms with Gasteiger partial charge in [0.2, 0.25) is 5.82 Å². The van der Waals surface area contributed by atoms with E-state index in [-0.39, 0.29) is 11.5 Å². The summed E-state index contributed by atoms with van der Waals surface area (Å²) >= 11 is 1.48. The maximum absolute atomic E-state index is 10.8. The molecule has 17 heavy (non-hydrogen) atoms. The van der Waals surface area contributed by atoms with Crippen LogP contribution in [0.1, 0.15) is 16.4 Å². The summed E-state index contributed by atoms with van der Waals surface area (Å²) in [7, 11) is 0. The van der Waals surface area contributed by atoms with Crippen molar-refractivity contribution in [2.24, 2.45) is 0 Å². The maximum Gasteiger partial charge on any atom is 0.333 e. The quantitative estimate of drug-likeness (QED) is 0.659. The van der Waals surface area contributed by atoms with E-state index in [0.717, 1.165) is 10.7 Å². The second-order valence-corrected chi connectivity index (χ2v) is 4.56. The van der Waals surface area contributed by atoms with Crippen molar-refractivity contribution in [3.05, 3.63) is 31.9 Å². The van der Waals surface area contributed by atoms with Gasteiger partial charge >= 0.3 is 5.69 Å². The van der Waals surface area contributed by atoms with Gasteiger partial charge in [0, 0.05) is 11.1 Å². The van der Waals surface area contributed by atoms with Crippen molar-refractivity contribution in [2.45, 2.75) is 20.4 Å². The SMILES string of the molecule is Cc1csc(Cn2nc(C)c([N+](=O)[O-])c2N)n1. The molecule has 0 aliphatic heterocycles. The topological polar surface area (TPSA) is 99.9 Å². The van der Waals surface area contributed by atoms with E-state index in [9.17, 15) is 10.1 Å². The smallest absolute Gasteiger partial charge is 0.333 e. The van der Waals surface area contributed by atoms with Gasteiger partial charge in [-0.2, -0.15) is 5.10 Å². The standard InChI is InChI=1S/C9H11N5O2S/c1-5-4-17-7(11-5)3-13-9(10)8(14(15)16)6(2)12-13/h4H,3,10H2,1-2H3. The van der Waals surface area contributed by atoms with Gasteiger partial charge in [-0.1, -0.05) is 0 Å². The zero-order chi connectivity index (χ0) is 12.6. The number of nitrogens with two attached hydrogens (primary N) is 1. The Hall–Kier alpha value is -1.96. The number of nitro groups is 1. The summed E-state index contributed by atoms with van der Waals surface area (Å²) in [6.45, 7) is 3.82. The number of aromatic nitrogens is 3. The maximum atomic E-state index is 10.8. The number of anilines is 1. The molecule has 2 rings (SSSR count). The van der Waals surface area contributed by atoms with Crippen LogP contribution < -0.4 is 5.73 Å². The van der Waals surface area contributed by atoms with E-state index in [1.807, 2.05) is 12.3 Å². The molecule has 0 spiro atoms. The van der Waals surface area contributed by atoms with E-state index in [2.05, 4.69) is 10.1 Å². The van der Waals surface area contributed by atoms with Gasteiger partial charge in [-0.3, -0.25) is 10.1 Å². The molecule has 2 aromatic heterocycles. The van der Waals surface area contributed by atoms with Crippen molar-refractivity contribution in [1.29, 1.82) is 0 Å². The molecule has 0 aliphatic carbocycles. The first-order chi connectivity index (χ1) is 7.99. The number of aryl methyl sites for hydroxylation is 2. The Morgan fingerprint density at radius 1 is 1.59 bits per heavy atom. The lowest BCUT2D eigenvalue weighted by Crippen LogP contribution is -2.06. The van der Waals surface area contributed by atoms with Crippen LogP contribution in [-0.4, -0.2) is 19.7 Å². The highest BCUT2D eigenvalue weighted by Gasteiger charge is 2.23. The minimum Gasteiger partial charge on any atom is -0.378 e. The van der Waals surface area contributed by atoms with Gasteiger partial charge in [-0.15, -0.1) is 11.3 Å². The molecule has 0 aliphatic rings. The number of nitrogens with zero attached hydrogens (tertiary/aromatic N) is 4. The number of nitrogen functional groups attached to an aromatic ring is 1. The van der Waals surface area contributed by atoms with Crippen LogP contribution in [0.25, 0.3) is 0 Å². The summed E-state index contributed by atoms with van der Waals surface area (Å²) in [5.74, 6) is 0.0698. The lowest BCUT2D eigenvalue weighted by Gasteiger charge is -1.99. The highest BCUT2D eigenvalue weighted by atomic mass is 32.1. The van der Waals surface area contributed by atoms with Crippen LogP contribution in [0.5, 0.6) is 0 Å². The Morgan fingerprint density at radius 2 is 2.29 bits per heavy atom. The zero-order valence-electron chi connectivity index (χ0n) is 9.38. The molecule has 8 heteroatoms. The van der Waals surface area contributed by atoms with E-state index in [4.69, 9.17) is 5.73 Å². The molecule has 90 valence electrons. The van der Waals surface area contributed by atoms with E-state index in [0.29, 0.717) is 12.2 Å². The Bertz CT molecular complexity index is 574. The molecular formula is C9H11N5O2S. The summed E-state index contributed by atoms with van der Waals surface area (Å²) < 4.78 is 1.41. The molecule has 0 unspecified atom stereocenters. The van der Waals surface area contributed by atoms with E-state index in [1.54, 1.807) is 6.92 Å². The van der Waals surface area contributed by atoms with Crippen molar-refractivity contribution in [3.63, 3.8) is 0 Å². The fourth-order valence-corrected chi connectivity index (χ4v) is 2.29. The normalized spacial score (nSPS) is 10.7. The third-order valence-corrected chi connectivity index (χ3v) is 3.22. The average molecular weight is 253 g/mol. The van der Waals surface area contributed by atoms with E-state index in [1.165, 1.54) is 16.0 Å². The number of rotatable bonds is 3. The van der Waals surface area contributed by atoms with Crippen LogP contribution in [0.4, 0.5) is 11.5 Å². The largest absolute Gasteiger partial charge is 0.378 e. The van der Waals surface area contributed by atoms with Crippen molar-refractivity contribution >= 4 is 22.8 Å². The summed E-state index contributed by atoms with van der Waals surface area (Å²) in [6, 6.07) is 0. The first-order valence-electron chi connectivity index (χ1n) is 4.87. The van der Waals surface area contributed by atoms with Gasteiger partial charge in [0.05, 0.1) is 11.5 Å². The molecule has 0 aromatic carbocycles. The predicted molar refractivity (Wildman–Crippen MR) is 64.0 cm³/mol.